The lowest BCUT2D eigenvalue weighted by atomic mass is 10.0. The highest BCUT2D eigenvalue weighted by Crippen LogP contribution is 2.21. The molecule has 0 aliphatic carbocycles. The Morgan fingerprint density at radius 3 is 2.38 bits per heavy atom. The number of primary amides is 1. The first-order valence-corrected chi connectivity index (χ1v) is 6.91. The first-order chi connectivity index (χ1) is 9.72. The van der Waals surface area contributed by atoms with Crippen molar-refractivity contribution < 1.29 is 19.5 Å². The Morgan fingerprint density at radius 1 is 1.29 bits per heavy atom. The van der Waals surface area contributed by atoms with Gasteiger partial charge in [0, 0.05) is 4.47 Å². The summed E-state index contributed by atoms with van der Waals surface area (Å²) in [6.07, 6.45) is 0. The first-order valence-electron chi connectivity index (χ1n) is 6.12. The number of halogens is 1. The Hall–Kier alpha value is -2.09. The van der Waals surface area contributed by atoms with E-state index in [1.807, 2.05) is 0 Å². The molecule has 7 nitrogen and oxygen atoms in total. The van der Waals surface area contributed by atoms with Crippen LogP contribution in [0.25, 0.3) is 0 Å². The molecule has 3 amide bonds. The van der Waals surface area contributed by atoms with E-state index in [9.17, 15) is 14.4 Å². The van der Waals surface area contributed by atoms with E-state index in [1.165, 1.54) is 12.1 Å². The van der Waals surface area contributed by atoms with Crippen LogP contribution in [0.2, 0.25) is 0 Å². The largest absolute Gasteiger partial charge is 0.478 e. The Morgan fingerprint density at radius 2 is 1.90 bits per heavy atom. The summed E-state index contributed by atoms with van der Waals surface area (Å²) in [4.78, 5) is 34.2. The van der Waals surface area contributed by atoms with Crippen LogP contribution in [0.15, 0.2) is 22.7 Å². The second kappa shape index (κ2) is 7.07. The number of nitrogens with two attached hydrogens (primary N) is 1. The SMILES string of the molecule is CC(C)C(NC(=O)Nc1ccc(Br)cc1C(=O)O)C(N)=O. The molecule has 0 saturated carbocycles. The Bertz CT molecular complexity index is 575. The van der Waals surface area contributed by atoms with Gasteiger partial charge in [-0.05, 0) is 24.1 Å². The molecule has 0 saturated heterocycles. The minimum absolute atomic E-state index is 0.0697. The van der Waals surface area contributed by atoms with Gasteiger partial charge in [0.1, 0.15) is 6.04 Å². The molecule has 1 rings (SSSR count). The van der Waals surface area contributed by atoms with Crippen LogP contribution < -0.4 is 16.4 Å². The van der Waals surface area contributed by atoms with Crippen LogP contribution in [0.3, 0.4) is 0 Å². The van der Waals surface area contributed by atoms with E-state index in [2.05, 4.69) is 26.6 Å². The third kappa shape index (κ3) is 4.75. The molecule has 0 bridgehead atoms. The number of anilines is 1. The van der Waals surface area contributed by atoms with Crippen LogP contribution in [0, 0.1) is 5.92 Å². The fourth-order valence-corrected chi connectivity index (χ4v) is 2.03. The fourth-order valence-electron chi connectivity index (χ4n) is 1.67. The van der Waals surface area contributed by atoms with Gasteiger partial charge >= 0.3 is 12.0 Å². The maximum Gasteiger partial charge on any atom is 0.337 e. The van der Waals surface area contributed by atoms with Crippen molar-refractivity contribution in [2.24, 2.45) is 11.7 Å². The lowest BCUT2D eigenvalue weighted by molar-refractivity contribution is -0.120. The lowest BCUT2D eigenvalue weighted by Crippen LogP contribution is -2.49. The fraction of sp³-hybridized carbons (Fsp3) is 0.308. The molecule has 21 heavy (non-hydrogen) atoms. The van der Waals surface area contributed by atoms with Crippen molar-refractivity contribution >= 4 is 39.5 Å². The maximum absolute atomic E-state index is 11.9. The standard InChI is InChI=1S/C13H16BrN3O4/c1-6(2)10(11(15)18)17-13(21)16-9-4-3-7(14)5-8(9)12(19)20/h3-6,10H,1-2H3,(H2,15,18)(H,19,20)(H2,16,17,21). The van der Waals surface area contributed by atoms with Gasteiger partial charge in [-0.25, -0.2) is 9.59 Å². The minimum Gasteiger partial charge on any atom is -0.478 e. The predicted molar refractivity (Wildman–Crippen MR) is 81.1 cm³/mol. The van der Waals surface area contributed by atoms with E-state index in [0.29, 0.717) is 4.47 Å². The van der Waals surface area contributed by atoms with Gasteiger partial charge in [0.15, 0.2) is 0 Å². The van der Waals surface area contributed by atoms with Gasteiger partial charge in [-0.3, -0.25) is 4.79 Å². The molecule has 1 unspecified atom stereocenters. The molecule has 0 aliphatic rings. The highest BCUT2D eigenvalue weighted by Gasteiger charge is 2.22. The number of hydrogen-bond donors (Lipinski definition) is 4. The Balaban J connectivity index is 2.89. The molecular formula is C13H16BrN3O4. The molecule has 0 heterocycles. The zero-order valence-electron chi connectivity index (χ0n) is 11.5. The molecule has 0 fully saturated rings. The third-order valence-electron chi connectivity index (χ3n) is 2.72. The number of aromatic carboxylic acids is 1. The number of benzene rings is 1. The van der Waals surface area contributed by atoms with Gasteiger partial charge < -0.3 is 21.5 Å². The Labute approximate surface area is 130 Å². The van der Waals surface area contributed by atoms with Gasteiger partial charge in [0.05, 0.1) is 11.3 Å². The molecule has 5 N–H and O–H groups in total. The number of carbonyl (C=O) groups is 3. The summed E-state index contributed by atoms with van der Waals surface area (Å²) in [7, 11) is 0. The predicted octanol–water partition coefficient (Wildman–Crippen LogP) is 1.78. The number of carbonyl (C=O) groups excluding carboxylic acids is 2. The molecule has 0 aromatic heterocycles. The molecule has 1 aromatic carbocycles. The van der Waals surface area contributed by atoms with Crippen LogP contribution in [0.5, 0.6) is 0 Å². The Kier molecular flexibility index (Phi) is 5.71. The third-order valence-corrected chi connectivity index (χ3v) is 3.21. The van der Waals surface area contributed by atoms with Crippen molar-refractivity contribution in [1.82, 2.24) is 5.32 Å². The number of carboxylic acid groups (broad SMARTS) is 1. The maximum atomic E-state index is 11.9. The van der Waals surface area contributed by atoms with E-state index < -0.39 is 23.9 Å². The summed E-state index contributed by atoms with van der Waals surface area (Å²) >= 11 is 3.16. The highest BCUT2D eigenvalue weighted by atomic mass is 79.9. The zero-order chi connectivity index (χ0) is 16.2. The van der Waals surface area contributed by atoms with Gasteiger partial charge in [0.2, 0.25) is 5.91 Å². The molecule has 0 spiro atoms. The second-order valence-electron chi connectivity index (χ2n) is 4.72. The number of hydrogen-bond acceptors (Lipinski definition) is 3. The van der Waals surface area contributed by atoms with Crippen LogP contribution >= 0.6 is 15.9 Å². The minimum atomic E-state index is -1.18. The van der Waals surface area contributed by atoms with Gasteiger partial charge in [-0.1, -0.05) is 29.8 Å². The average molecular weight is 358 g/mol. The van der Waals surface area contributed by atoms with E-state index in [1.54, 1.807) is 19.9 Å². The van der Waals surface area contributed by atoms with Crippen molar-refractivity contribution in [3.63, 3.8) is 0 Å². The van der Waals surface area contributed by atoms with Gasteiger partial charge in [-0.15, -0.1) is 0 Å². The van der Waals surface area contributed by atoms with Crippen LogP contribution in [-0.2, 0) is 4.79 Å². The number of amides is 3. The summed E-state index contributed by atoms with van der Waals surface area (Å²) in [6, 6.07) is 2.87. The zero-order valence-corrected chi connectivity index (χ0v) is 13.1. The van der Waals surface area contributed by atoms with Crippen molar-refractivity contribution in [3.05, 3.63) is 28.2 Å². The molecular weight excluding hydrogens is 342 g/mol. The summed E-state index contributed by atoms with van der Waals surface area (Å²) in [5.74, 6) is -2.02. The van der Waals surface area contributed by atoms with Crippen LogP contribution in [0.4, 0.5) is 10.5 Å². The second-order valence-corrected chi connectivity index (χ2v) is 5.63. The average Bonchev–Trinajstić information content (AvgIpc) is 2.37. The van der Waals surface area contributed by atoms with Crippen molar-refractivity contribution in [3.8, 4) is 0 Å². The molecule has 114 valence electrons. The lowest BCUT2D eigenvalue weighted by Gasteiger charge is -2.19. The van der Waals surface area contributed by atoms with Crippen molar-refractivity contribution in [1.29, 1.82) is 0 Å². The summed E-state index contributed by atoms with van der Waals surface area (Å²) < 4.78 is 0.572. The summed E-state index contributed by atoms with van der Waals surface area (Å²) in [6.45, 7) is 3.47. The quantitative estimate of drug-likeness (QED) is 0.641. The highest BCUT2D eigenvalue weighted by molar-refractivity contribution is 9.10. The van der Waals surface area contributed by atoms with E-state index >= 15 is 0 Å². The van der Waals surface area contributed by atoms with Gasteiger partial charge in [0.25, 0.3) is 0 Å². The van der Waals surface area contributed by atoms with Crippen molar-refractivity contribution in [2.45, 2.75) is 19.9 Å². The normalized spacial score (nSPS) is 11.8. The van der Waals surface area contributed by atoms with E-state index in [4.69, 9.17) is 10.8 Å². The molecule has 1 atom stereocenters. The van der Waals surface area contributed by atoms with Gasteiger partial charge in [-0.2, -0.15) is 0 Å². The monoisotopic (exact) mass is 357 g/mol. The molecule has 0 aliphatic heterocycles. The number of rotatable bonds is 5. The van der Waals surface area contributed by atoms with E-state index in [0.717, 1.165) is 0 Å². The molecule has 8 heteroatoms. The van der Waals surface area contributed by atoms with Crippen LogP contribution in [0.1, 0.15) is 24.2 Å². The number of carboxylic acids is 1. The number of nitrogens with one attached hydrogen (secondary N) is 2. The van der Waals surface area contributed by atoms with Crippen LogP contribution in [-0.4, -0.2) is 29.1 Å². The molecule has 0 radical (unpaired) electrons. The molecule has 1 aromatic rings. The first kappa shape index (κ1) is 17.0. The summed E-state index contributed by atoms with van der Waals surface area (Å²) in [5.41, 5.74) is 5.25. The van der Waals surface area contributed by atoms with Crippen molar-refractivity contribution in [2.75, 3.05) is 5.32 Å². The number of urea groups is 1. The van der Waals surface area contributed by atoms with E-state index in [-0.39, 0.29) is 17.2 Å². The smallest absolute Gasteiger partial charge is 0.337 e. The summed E-state index contributed by atoms with van der Waals surface area (Å²) in [5, 5.41) is 13.9. The topological polar surface area (TPSA) is 122 Å².